The van der Waals surface area contributed by atoms with Crippen LogP contribution in [0.4, 0.5) is 0 Å². The van der Waals surface area contributed by atoms with Gasteiger partial charge in [-0.25, -0.2) is 9.59 Å². The van der Waals surface area contributed by atoms with Crippen molar-refractivity contribution >= 4 is 64.9 Å². The van der Waals surface area contributed by atoms with Crippen molar-refractivity contribution in [2.24, 2.45) is 11.8 Å². The van der Waals surface area contributed by atoms with E-state index in [2.05, 4.69) is 21.3 Å². The number of aliphatic carboxylic acids is 4. The third-order valence-electron chi connectivity index (χ3n) is 13.0. The zero-order valence-electron chi connectivity index (χ0n) is 48.6. The number of ether oxygens (including phenoxy) is 4. The maximum Gasteiger partial charge on any atom is 0.326 e. The number of rotatable bonds is 55. The molecule has 0 heterocycles. The molecule has 23 heteroatoms. The number of amides is 4. The number of carbonyl (C=O) groups excluding carboxylic acids is 7. The van der Waals surface area contributed by atoms with Crippen molar-refractivity contribution in [3.8, 4) is 0 Å². The maximum atomic E-state index is 12.3. The summed E-state index contributed by atoms with van der Waals surface area (Å²) >= 11 is 0. The van der Waals surface area contributed by atoms with E-state index < -0.39 is 53.6 Å². The number of carbonyl (C=O) groups is 11. The van der Waals surface area contributed by atoms with E-state index in [9.17, 15) is 68.1 Å². The zero-order valence-corrected chi connectivity index (χ0v) is 48.6. The minimum atomic E-state index is -1.33. The highest BCUT2D eigenvalue weighted by atomic mass is 16.5. The van der Waals surface area contributed by atoms with Gasteiger partial charge in [-0.15, -0.1) is 0 Å². The van der Waals surface area contributed by atoms with Crippen molar-refractivity contribution in [1.82, 2.24) is 21.3 Å². The van der Waals surface area contributed by atoms with Crippen LogP contribution in [0.25, 0.3) is 0 Å². The molecule has 23 nitrogen and oxygen atoms in total. The van der Waals surface area contributed by atoms with Gasteiger partial charge < -0.3 is 60.6 Å². The van der Waals surface area contributed by atoms with E-state index in [1.54, 1.807) is 14.0 Å². The Hall–Kier alpha value is -5.39. The van der Waals surface area contributed by atoms with E-state index in [4.69, 9.17) is 24.1 Å². The molecule has 0 aromatic rings. The summed E-state index contributed by atoms with van der Waals surface area (Å²) in [5, 5.41) is 47.0. The molecule has 0 spiro atoms. The number of hydrogen-bond donors (Lipinski definition) is 8. The average molecular weight is 1150 g/mol. The fourth-order valence-corrected chi connectivity index (χ4v) is 7.89. The number of Topliss-reactive ketones (excluding diaryl/α,β-unsaturated/α-hetero) is 3. The van der Waals surface area contributed by atoms with Gasteiger partial charge in [0.1, 0.15) is 30.3 Å². The molecule has 0 unspecified atom stereocenters. The molecule has 4 atom stereocenters. The Morgan fingerprint density at radius 3 is 1.45 bits per heavy atom. The van der Waals surface area contributed by atoms with Crippen molar-refractivity contribution in [3.05, 3.63) is 0 Å². The Morgan fingerprint density at radius 2 is 0.925 bits per heavy atom. The van der Waals surface area contributed by atoms with Gasteiger partial charge in [-0.1, -0.05) is 97.3 Å². The van der Waals surface area contributed by atoms with Crippen LogP contribution in [0.2, 0.25) is 0 Å². The van der Waals surface area contributed by atoms with E-state index in [0.29, 0.717) is 65.0 Å². The highest BCUT2D eigenvalue weighted by Crippen LogP contribution is 2.16. The smallest absolute Gasteiger partial charge is 0.326 e. The summed E-state index contributed by atoms with van der Waals surface area (Å²) in [6.07, 6.45) is 18.7. The number of carboxylic acid groups (broad SMARTS) is 4. The molecular formula is C57H102N4O19. The molecular weight excluding hydrogens is 1040 g/mol. The highest BCUT2D eigenvalue weighted by molar-refractivity contribution is 5.87. The second-order valence-corrected chi connectivity index (χ2v) is 20.1. The van der Waals surface area contributed by atoms with Gasteiger partial charge in [0, 0.05) is 85.5 Å². The number of methoxy groups -OCH3 is 1. The van der Waals surface area contributed by atoms with Gasteiger partial charge in [0.2, 0.25) is 23.6 Å². The summed E-state index contributed by atoms with van der Waals surface area (Å²) < 4.78 is 20.6. The van der Waals surface area contributed by atoms with E-state index in [-0.39, 0.29) is 114 Å². The summed E-state index contributed by atoms with van der Waals surface area (Å²) in [7, 11) is 1.59. The first-order valence-electron chi connectivity index (χ1n) is 29.0. The number of hydrogen-bond acceptors (Lipinski definition) is 15. The maximum absolute atomic E-state index is 12.3. The third kappa shape index (κ3) is 50.8. The van der Waals surface area contributed by atoms with Gasteiger partial charge in [-0.05, 0) is 58.3 Å². The lowest BCUT2D eigenvalue weighted by Gasteiger charge is -2.16. The van der Waals surface area contributed by atoms with Crippen LogP contribution in [0, 0.1) is 11.8 Å². The second-order valence-electron chi connectivity index (χ2n) is 20.1. The van der Waals surface area contributed by atoms with E-state index in [1.165, 1.54) is 51.9 Å². The molecule has 0 fully saturated rings. The van der Waals surface area contributed by atoms with Crippen molar-refractivity contribution in [2.45, 2.75) is 219 Å². The Balaban J connectivity index is -0.00000149. The van der Waals surface area contributed by atoms with Crippen molar-refractivity contribution in [3.63, 3.8) is 0 Å². The summed E-state index contributed by atoms with van der Waals surface area (Å²) in [5.41, 5.74) is 0. The molecule has 0 aromatic carbocycles. The molecule has 80 heavy (non-hydrogen) atoms. The molecule has 4 amide bonds. The first-order chi connectivity index (χ1) is 38.2. The molecule has 0 radical (unpaired) electrons. The fraction of sp³-hybridized carbons (Fsp3) is 0.807. The molecule has 0 aliphatic heterocycles. The number of unbranched alkanes of at least 4 members (excludes halogenated alkanes) is 14. The van der Waals surface area contributed by atoms with Gasteiger partial charge in [0.05, 0.1) is 39.0 Å². The van der Waals surface area contributed by atoms with E-state index in [1.807, 2.05) is 6.92 Å². The van der Waals surface area contributed by atoms with Crippen LogP contribution >= 0.6 is 0 Å². The van der Waals surface area contributed by atoms with Crippen LogP contribution < -0.4 is 21.3 Å². The molecule has 0 saturated carbocycles. The average Bonchev–Trinajstić information content (AvgIpc) is 3.40. The molecule has 0 aliphatic rings. The largest absolute Gasteiger partial charge is 0.481 e. The minimum absolute atomic E-state index is 0. The van der Waals surface area contributed by atoms with Crippen molar-refractivity contribution in [2.75, 3.05) is 66.4 Å². The summed E-state index contributed by atoms with van der Waals surface area (Å²) in [6.45, 7) is 7.56. The van der Waals surface area contributed by atoms with Gasteiger partial charge in [-0.3, -0.25) is 43.2 Å². The summed E-state index contributed by atoms with van der Waals surface area (Å²) in [6, 6.07) is -2.36. The SMILES string of the molecule is CCC(=O)NCCOCCOCC(=O)C[C@@H](CCC(=O)N[C@@H](CCC(=O)NCCCC[C@H](C)C(C)=O)C(=O)O)C(=O)O.COCCOCCCC(=O)CC[C@H](NC(=O)CCCCCCCCCCCCCCCCC(=O)O)C(=O)O.[HH]. The minimum Gasteiger partial charge on any atom is -0.481 e. The van der Waals surface area contributed by atoms with Gasteiger partial charge >= 0.3 is 23.9 Å². The lowest BCUT2D eigenvalue weighted by Crippen LogP contribution is -2.42. The molecule has 0 saturated heterocycles. The first kappa shape index (κ1) is 76.7. The van der Waals surface area contributed by atoms with Crippen molar-refractivity contribution in [1.29, 1.82) is 0 Å². The predicted octanol–water partition coefficient (Wildman–Crippen LogP) is 6.77. The van der Waals surface area contributed by atoms with Crippen LogP contribution in [0.15, 0.2) is 0 Å². The number of ketones is 3. The topological polar surface area (TPSA) is 354 Å². The molecule has 0 aliphatic carbocycles. The second kappa shape index (κ2) is 53.0. The van der Waals surface area contributed by atoms with Crippen LogP contribution in [-0.4, -0.2) is 164 Å². The summed E-state index contributed by atoms with van der Waals surface area (Å²) in [5.74, 6) is -7.40. The predicted molar refractivity (Wildman–Crippen MR) is 300 cm³/mol. The molecule has 0 rings (SSSR count). The van der Waals surface area contributed by atoms with Crippen LogP contribution in [-0.2, 0) is 71.7 Å². The number of nitrogens with one attached hydrogen (secondary N) is 4. The first-order valence-corrected chi connectivity index (χ1v) is 29.0. The summed E-state index contributed by atoms with van der Waals surface area (Å²) in [4.78, 5) is 128. The van der Waals surface area contributed by atoms with Crippen LogP contribution in [0.3, 0.4) is 0 Å². The Morgan fingerprint density at radius 1 is 0.438 bits per heavy atom. The highest BCUT2D eigenvalue weighted by Gasteiger charge is 2.26. The van der Waals surface area contributed by atoms with E-state index in [0.717, 1.165) is 57.8 Å². The quantitative estimate of drug-likeness (QED) is 0.0291. The molecule has 464 valence electrons. The molecule has 0 bridgehead atoms. The van der Waals surface area contributed by atoms with Crippen LogP contribution in [0.5, 0.6) is 0 Å². The van der Waals surface area contributed by atoms with E-state index >= 15 is 0 Å². The normalized spacial score (nSPS) is 12.4. The lowest BCUT2D eigenvalue weighted by atomic mass is 9.97. The van der Waals surface area contributed by atoms with Gasteiger partial charge in [0.25, 0.3) is 0 Å². The molecule has 8 N–H and O–H groups in total. The zero-order chi connectivity index (χ0) is 60.2. The monoisotopic (exact) mass is 1150 g/mol. The Bertz CT molecular complexity index is 1770. The number of carboxylic acids is 4. The standard InChI is InChI=1S/C29H53NO8.C28H47N3O11.H2/c1-37-23-24-38-22-16-17-25(31)20-21-26(29(35)36)30-27(32)18-14-12-10-8-6-4-2-3-5-7-9-11-13-15-19-28(33)34;1-4-24(34)30-13-14-41-15-16-42-18-22(33)17-21(27(37)38)8-10-26(36)31-23(28(39)40)9-11-25(35)29-12-6-5-7-19(2)20(3)32;/h26H,2-24H2,1H3,(H,30,32)(H,33,34)(H,35,36);19,21,23H,4-18H2,1-3H3,(H,29,35)(H,30,34)(H,31,36)(H,37,38)(H,39,40);1H/t26-;19-,21+,23-;/m00./s1. The van der Waals surface area contributed by atoms with Gasteiger partial charge in [0.15, 0.2) is 5.78 Å². The fourth-order valence-electron chi connectivity index (χ4n) is 7.89. The van der Waals surface area contributed by atoms with Crippen molar-refractivity contribution < 1.29 is 93.5 Å². The molecule has 0 aromatic heterocycles. The van der Waals surface area contributed by atoms with Crippen LogP contribution in [0.1, 0.15) is 208 Å². The Labute approximate surface area is 475 Å². The Kier molecular flexibility index (Phi) is 50.8. The lowest BCUT2D eigenvalue weighted by molar-refractivity contribution is -0.145. The third-order valence-corrected chi connectivity index (χ3v) is 13.0. The van der Waals surface area contributed by atoms with Gasteiger partial charge in [-0.2, -0.15) is 0 Å².